The van der Waals surface area contributed by atoms with E-state index < -0.39 is 0 Å². The fraction of sp³-hybridized carbons (Fsp3) is 0.538. The third-order valence-corrected chi connectivity index (χ3v) is 3.02. The van der Waals surface area contributed by atoms with Crippen molar-refractivity contribution < 1.29 is 4.92 Å². The second-order valence-electron chi connectivity index (χ2n) is 4.58. The molecule has 0 aromatic heterocycles. The molecule has 0 saturated carbocycles. The Morgan fingerprint density at radius 2 is 1.75 bits per heavy atom. The fourth-order valence-corrected chi connectivity index (χ4v) is 1.62. The van der Waals surface area contributed by atoms with Crippen LogP contribution in [0.3, 0.4) is 0 Å². The molecule has 0 bridgehead atoms. The first-order chi connectivity index (χ1) is 7.45. The lowest BCUT2D eigenvalue weighted by molar-refractivity contribution is -0.385. The fourth-order valence-electron chi connectivity index (χ4n) is 1.62. The molecule has 1 aromatic rings. The number of nitro benzene ring substituents is 1. The molecule has 3 heteroatoms. The van der Waals surface area contributed by atoms with Crippen molar-refractivity contribution in [3.05, 3.63) is 39.4 Å². The molecular weight excluding hydrogens is 202 g/mol. The first-order valence-electron chi connectivity index (χ1n) is 5.75. The largest absolute Gasteiger partial charge is 0.269 e. The van der Waals surface area contributed by atoms with Gasteiger partial charge in [-0.25, -0.2) is 0 Å². The predicted octanol–water partition coefficient (Wildman–Crippen LogP) is 4.23. The van der Waals surface area contributed by atoms with Gasteiger partial charge >= 0.3 is 0 Å². The summed E-state index contributed by atoms with van der Waals surface area (Å²) in [5.41, 5.74) is 2.33. The molecule has 1 rings (SSSR count). The van der Waals surface area contributed by atoms with Gasteiger partial charge in [0, 0.05) is 12.1 Å². The normalized spacial score (nSPS) is 12.8. The highest BCUT2D eigenvalue weighted by molar-refractivity contribution is 5.41. The highest BCUT2D eigenvalue weighted by Gasteiger charge is 2.14. The highest BCUT2D eigenvalue weighted by atomic mass is 16.6. The monoisotopic (exact) mass is 221 g/mol. The quantitative estimate of drug-likeness (QED) is 0.564. The molecule has 1 atom stereocenters. The maximum atomic E-state index is 10.8. The molecule has 0 saturated heterocycles. The Labute approximate surface area is 96.6 Å². The highest BCUT2D eigenvalue weighted by Crippen LogP contribution is 2.28. The second kappa shape index (κ2) is 5.10. The number of hydrogen-bond acceptors (Lipinski definition) is 2. The van der Waals surface area contributed by atoms with E-state index in [1.807, 2.05) is 0 Å². The number of nitro groups is 1. The van der Waals surface area contributed by atoms with E-state index in [4.69, 9.17) is 0 Å². The van der Waals surface area contributed by atoms with Crippen molar-refractivity contribution in [2.45, 2.75) is 46.0 Å². The molecule has 0 aliphatic rings. The lowest BCUT2D eigenvalue weighted by Crippen LogP contribution is -1.98. The first-order valence-corrected chi connectivity index (χ1v) is 5.75. The standard InChI is InChI=1S/C13H19NO2/c1-5-10(4)12-6-11(9(2)3)7-13(8-12)14(15)16/h6-10H,5H2,1-4H3. The summed E-state index contributed by atoms with van der Waals surface area (Å²) in [4.78, 5) is 10.5. The zero-order valence-electron chi connectivity index (χ0n) is 10.4. The van der Waals surface area contributed by atoms with Crippen molar-refractivity contribution in [3.63, 3.8) is 0 Å². The molecule has 0 aliphatic carbocycles. The van der Waals surface area contributed by atoms with Crippen molar-refractivity contribution >= 4 is 5.69 Å². The third kappa shape index (κ3) is 2.81. The van der Waals surface area contributed by atoms with Crippen LogP contribution in [0.2, 0.25) is 0 Å². The van der Waals surface area contributed by atoms with Gasteiger partial charge in [-0.15, -0.1) is 0 Å². The van der Waals surface area contributed by atoms with E-state index in [2.05, 4.69) is 33.8 Å². The summed E-state index contributed by atoms with van der Waals surface area (Å²) < 4.78 is 0. The molecule has 0 aliphatic heterocycles. The van der Waals surface area contributed by atoms with Gasteiger partial charge in [-0.05, 0) is 29.4 Å². The van der Waals surface area contributed by atoms with Crippen LogP contribution in [0.5, 0.6) is 0 Å². The van der Waals surface area contributed by atoms with Crippen LogP contribution in [0, 0.1) is 10.1 Å². The van der Waals surface area contributed by atoms with Crippen molar-refractivity contribution in [3.8, 4) is 0 Å². The summed E-state index contributed by atoms with van der Waals surface area (Å²) in [5.74, 6) is 0.695. The molecular formula is C13H19NO2. The van der Waals surface area contributed by atoms with Crippen molar-refractivity contribution in [2.75, 3.05) is 0 Å². The van der Waals surface area contributed by atoms with Crippen LogP contribution in [0.4, 0.5) is 5.69 Å². The summed E-state index contributed by atoms with van der Waals surface area (Å²) >= 11 is 0. The number of benzene rings is 1. The van der Waals surface area contributed by atoms with Gasteiger partial charge in [-0.3, -0.25) is 10.1 Å². The van der Waals surface area contributed by atoms with Crippen LogP contribution in [0.1, 0.15) is 57.1 Å². The minimum absolute atomic E-state index is 0.210. The SMILES string of the molecule is CCC(C)c1cc(C(C)C)cc([N+](=O)[O-])c1. The van der Waals surface area contributed by atoms with Crippen LogP contribution >= 0.6 is 0 Å². The Bertz CT molecular complexity index is 386. The van der Waals surface area contributed by atoms with E-state index in [-0.39, 0.29) is 10.6 Å². The number of nitrogens with zero attached hydrogens (tertiary/aromatic N) is 1. The zero-order chi connectivity index (χ0) is 12.3. The van der Waals surface area contributed by atoms with E-state index in [1.165, 1.54) is 0 Å². The molecule has 16 heavy (non-hydrogen) atoms. The molecule has 0 N–H and O–H groups in total. The maximum Gasteiger partial charge on any atom is 0.269 e. The maximum absolute atomic E-state index is 10.8. The Balaban J connectivity index is 3.24. The van der Waals surface area contributed by atoms with Gasteiger partial charge in [0.1, 0.15) is 0 Å². The summed E-state index contributed by atoms with van der Waals surface area (Å²) in [7, 11) is 0. The molecule has 1 unspecified atom stereocenters. The molecule has 0 radical (unpaired) electrons. The van der Waals surface area contributed by atoms with Crippen molar-refractivity contribution in [2.24, 2.45) is 0 Å². The zero-order valence-corrected chi connectivity index (χ0v) is 10.4. The molecule has 0 spiro atoms. The summed E-state index contributed by atoms with van der Waals surface area (Å²) in [5, 5.41) is 10.8. The average molecular weight is 221 g/mol. The van der Waals surface area contributed by atoms with Gasteiger partial charge in [-0.2, -0.15) is 0 Å². The van der Waals surface area contributed by atoms with Gasteiger partial charge in [0.25, 0.3) is 5.69 Å². The first kappa shape index (κ1) is 12.7. The van der Waals surface area contributed by atoms with Crippen LogP contribution in [-0.4, -0.2) is 4.92 Å². The van der Waals surface area contributed by atoms with Gasteiger partial charge < -0.3 is 0 Å². The summed E-state index contributed by atoms with van der Waals surface area (Å²) in [6.07, 6.45) is 0.999. The number of rotatable bonds is 4. The molecule has 3 nitrogen and oxygen atoms in total. The second-order valence-corrected chi connectivity index (χ2v) is 4.58. The van der Waals surface area contributed by atoms with Crippen molar-refractivity contribution in [1.82, 2.24) is 0 Å². The number of non-ortho nitro benzene ring substituents is 1. The lowest BCUT2D eigenvalue weighted by atomic mass is 9.93. The van der Waals surface area contributed by atoms with Crippen molar-refractivity contribution in [1.29, 1.82) is 0 Å². The Hall–Kier alpha value is -1.38. The van der Waals surface area contributed by atoms with Crippen LogP contribution in [-0.2, 0) is 0 Å². The van der Waals surface area contributed by atoms with Crippen LogP contribution < -0.4 is 0 Å². The van der Waals surface area contributed by atoms with E-state index in [9.17, 15) is 10.1 Å². The molecule has 0 fully saturated rings. The lowest BCUT2D eigenvalue weighted by Gasteiger charge is -2.12. The molecule has 1 aromatic carbocycles. The van der Waals surface area contributed by atoms with Gasteiger partial charge in [0.2, 0.25) is 0 Å². The van der Waals surface area contributed by atoms with Crippen LogP contribution in [0.15, 0.2) is 18.2 Å². The van der Waals surface area contributed by atoms with Crippen LogP contribution in [0.25, 0.3) is 0 Å². The van der Waals surface area contributed by atoms with E-state index >= 15 is 0 Å². The van der Waals surface area contributed by atoms with E-state index in [0.717, 1.165) is 17.5 Å². The third-order valence-electron chi connectivity index (χ3n) is 3.02. The number of hydrogen-bond donors (Lipinski definition) is 0. The average Bonchev–Trinajstić information content (AvgIpc) is 2.27. The Morgan fingerprint density at radius 1 is 1.19 bits per heavy atom. The Kier molecular flexibility index (Phi) is 4.05. The smallest absolute Gasteiger partial charge is 0.258 e. The summed E-state index contributed by atoms with van der Waals surface area (Å²) in [6, 6.07) is 5.46. The van der Waals surface area contributed by atoms with Gasteiger partial charge in [-0.1, -0.05) is 33.8 Å². The predicted molar refractivity (Wildman–Crippen MR) is 65.9 cm³/mol. The topological polar surface area (TPSA) is 43.1 Å². The minimum atomic E-state index is -0.308. The molecule has 0 amide bonds. The van der Waals surface area contributed by atoms with Gasteiger partial charge in [0.15, 0.2) is 0 Å². The minimum Gasteiger partial charge on any atom is -0.258 e. The molecule has 0 heterocycles. The Morgan fingerprint density at radius 3 is 2.19 bits per heavy atom. The van der Waals surface area contributed by atoms with E-state index in [1.54, 1.807) is 12.1 Å². The molecule has 88 valence electrons. The summed E-state index contributed by atoms with van der Waals surface area (Å²) in [6.45, 7) is 8.31. The van der Waals surface area contributed by atoms with E-state index in [0.29, 0.717) is 11.8 Å². The van der Waals surface area contributed by atoms with Gasteiger partial charge in [0.05, 0.1) is 4.92 Å².